The molecule has 0 saturated heterocycles. The van der Waals surface area contributed by atoms with E-state index in [9.17, 15) is 13.2 Å². The second kappa shape index (κ2) is 9.24. The van der Waals surface area contributed by atoms with E-state index < -0.39 is 10.0 Å². The van der Waals surface area contributed by atoms with Crippen molar-refractivity contribution in [3.05, 3.63) is 29.8 Å². The van der Waals surface area contributed by atoms with Gasteiger partial charge in [-0.25, -0.2) is 13.1 Å². The summed E-state index contributed by atoms with van der Waals surface area (Å²) in [5.74, 6) is -0.0829. The van der Waals surface area contributed by atoms with Crippen LogP contribution in [-0.4, -0.2) is 39.4 Å². The zero-order valence-corrected chi connectivity index (χ0v) is 15.0. The molecule has 2 N–H and O–H groups in total. The molecule has 0 aliphatic rings. The minimum atomic E-state index is -3.52. The fraction of sp³-hybridized carbons (Fsp3) is 0.500. The maximum Gasteiger partial charge on any atom is 0.240 e. The first-order valence-corrected chi connectivity index (χ1v) is 9.30. The van der Waals surface area contributed by atoms with E-state index in [0.29, 0.717) is 19.6 Å². The van der Waals surface area contributed by atoms with E-state index in [4.69, 9.17) is 4.74 Å². The number of benzene rings is 1. The number of carbonyl (C=O) groups is 1. The van der Waals surface area contributed by atoms with Crippen LogP contribution in [0.4, 0.5) is 0 Å². The molecule has 0 bridgehead atoms. The van der Waals surface area contributed by atoms with Crippen LogP contribution in [0.1, 0.15) is 18.9 Å². The van der Waals surface area contributed by atoms with E-state index in [1.165, 1.54) is 19.2 Å². The lowest BCUT2D eigenvalue weighted by molar-refractivity contribution is -0.120. The molecule has 8 heteroatoms. The van der Waals surface area contributed by atoms with E-state index in [-0.39, 0.29) is 22.2 Å². The van der Waals surface area contributed by atoms with Gasteiger partial charge >= 0.3 is 0 Å². The standard InChI is InChI=1S/C14H21BrN2O4S/c1-3-13(15)14(18)16-10-11-4-6-12(7-5-11)22(19,20)17-8-9-21-2/h4-7,13,17H,3,8-10H2,1-2H3,(H,16,18). The summed E-state index contributed by atoms with van der Waals surface area (Å²) >= 11 is 3.27. The number of hydrogen-bond donors (Lipinski definition) is 2. The smallest absolute Gasteiger partial charge is 0.240 e. The molecule has 22 heavy (non-hydrogen) atoms. The van der Waals surface area contributed by atoms with Gasteiger partial charge in [0.25, 0.3) is 0 Å². The van der Waals surface area contributed by atoms with Crippen molar-refractivity contribution < 1.29 is 17.9 Å². The third-order valence-corrected chi connectivity index (χ3v) is 5.48. The minimum Gasteiger partial charge on any atom is -0.383 e. The van der Waals surface area contributed by atoms with Crippen LogP contribution < -0.4 is 10.0 Å². The Balaban J connectivity index is 2.61. The molecule has 6 nitrogen and oxygen atoms in total. The molecule has 124 valence electrons. The minimum absolute atomic E-state index is 0.0829. The number of carbonyl (C=O) groups excluding carboxylic acids is 1. The van der Waals surface area contributed by atoms with E-state index in [1.807, 2.05) is 6.92 Å². The lowest BCUT2D eigenvalue weighted by Gasteiger charge is -2.10. The van der Waals surface area contributed by atoms with Gasteiger partial charge in [-0.2, -0.15) is 0 Å². The highest BCUT2D eigenvalue weighted by Crippen LogP contribution is 2.11. The number of methoxy groups -OCH3 is 1. The van der Waals surface area contributed by atoms with E-state index in [0.717, 1.165) is 5.56 Å². The number of hydrogen-bond acceptors (Lipinski definition) is 4. The molecule has 0 aliphatic carbocycles. The van der Waals surface area contributed by atoms with Crippen molar-refractivity contribution in [1.29, 1.82) is 0 Å². The molecule has 0 fully saturated rings. The van der Waals surface area contributed by atoms with Crippen molar-refractivity contribution in [2.75, 3.05) is 20.3 Å². The number of nitrogens with one attached hydrogen (secondary N) is 2. The first-order valence-electron chi connectivity index (χ1n) is 6.90. The first-order chi connectivity index (χ1) is 10.4. The van der Waals surface area contributed by atoms with Crippen LogP contribution in [0.25, 0.3) is 0 Å². The van der Waals surface area contributed by atoms with Crippen molar-refractivity contribution in [3.8, 4) is 0 Å². The molecule has 0 radical (unpaired) electrons. The maximum absolute atomic E-state index is 12.0. The van der Waals surface area contributed by atoms with Gasteiger partial charge in [-0.3, -0.25) is 4.79 Å². The second-order valence-corrected chi connectivity index (χ2v) is 7.50. The number of ether oxygens (including phenoxy) is 1. The number of sulfonamides is 1. The Kier molecular flexibility index (Phi) is 8.02. The average Bonchev–Trinajstić information content (AvgIpc) is 2.52. The van der Waals surface area contributed by atoms with Crippen LogP contribution in [0.15, 0.2) is 29.2 Å². The SMILES string of the molecule is CCC(Br)C(=O)NCc1ccc(S(=O)(=O)NCCOC)cc1. The van der Waals surface area contributed by atoms with Crippen LogP contribution in [0, 0.1) is 0 Å². The highest BCUT2D eigenvalue weighted by Gasteiger charge is 2.14. The summed E-state index contributed by atoms with van der Waals surface area (Å²) in [7, 11) is -2.02. The molecule has 0 saturated carbocycles. The summed E-state index contributed by atoms with van der Waals surface area (Å²) < 4.78 is 31.2. The first kappa shape index (κ1) is 19.1. The third-order valence-electron chi connectivity index (χ3n) is 2.94. The van der Waals surface area contributed by atoms with Gasteiger partial charge in [0.2, 0.25) is 15.9 Å². The highest BCUT2D eigenvalue weighted by atomic mass is 79.9. The van der Waals surface area contributed by atoms with E-state index in [2.05, 4.69) is 26.0 Å². The van der Waals surface area contributed by atoms with Crippen LogP contribution >= 0.6 is 15.9 Å². The van der Waals surface area contributed by atoms with E-state index >= 15 is 0 Å². The van der Waals surface area contributed by atoms with Gasteiger partial charge in [-0.05, 0) is 24.1 Å². The molecular weight excluding hydrogens is 372 g/mol. The number of rotatable bonds is 9. The Hall–Kier alpha value is -0.960. The predicted octanol–water partition coefficient (Wildman–Crippen LogP) is 1.40. The van der Waals surface area contributed by atoms with Crippen molar-refractivity contribution in [1.82, 2.24) is 10.0 Å². The summed E-state index contributed by atoms with van der Waals surface area (Å²) in [6, 6.07) is 6.39. The summed E-state index contributed by atoms with van der Waals surface area (Å²) in [6.45, 7) is 2.81. The fourth-order valence-corrected chi connectivity index (χ4v) is 2.81. The van der Waals surface area contributed by atoms with Crippen LogP contribution in [-0.2, 0) is 26.1 Å². The quantitative estimate of drug-likeness (QED) is 0.491. The molecule has 1 aromatic carbocycles. The summed E-state index contributed by atoms with van der Waals surface area (Å²) in [4.78, 5) is 11.6. The lowest BCUT2D eigenvalue weighted by atomic mass is 10.2. The van der Waals surface area contributed by atoms with E-state index in [1.54, 1.807) is 12.1 Å². The summed E-state index contributed by atoms with van der Waals surface area (Å²) in [6.07, 6.45) is 0.705. The fourth-order valence-electron chi connectivity index (χ4n) is 1.63. The van der Waals surface area contributed by atoms with Gasteiger partial charge in [0.05, 0.1) is 16.3 Å². The van der Waals surface area contributed by atoms with Gasteiger partial charge < -0.3 is 10.1 Å². The Bertz CT molecular complexity index is 575. The zero-order valence-electron chi connectivity index (χ0n) is 12.6. The number of alkyl halides is 1. The van der Waals surface area contributed by atoms with Crippen molar-refractivity contribution in [2.24, 2.45) is 0 Å². The maximum atomic E-state index is 12.0. The molecule has 1 aromatic rings. The van der Waals surface area contributed by atoms with Gasteiger partial charge in [0, 0.05) is 20.2 Å². The monoisotopic (exact) mass is 392 g/mol. The van der Waals surface area contributed by atoms with Crippen molar-refractivity contribution in [2.45, 2.75) is 29.6 Å². The average molecular weight is 393 g/mol. The molecule has 1 atom stereocenters. The molecule has 1 unspecified atom stereocenters. The molecule has 1 rings (SSSR count). The van der Waals surface area contributed by atoms with Crippen molar-refractivity contribution in [3.63, 3.8) is 0 Å². The van der Waals surface area contributed by atoms with Crippen LogP contribution in [0.2, 0.25) is 0 Å². The molecular formula is C14H21BrN2O4S. The van der Waals surface area contributed by atoms with Crippen LogP contribution in [0.5, 0.6) is 0 Å². The lowest BCUT2D eigenvalue weighted by Crippen LogP contribution is -2.30. The Morgan fingerprint density at radius 1 is 1.32 bits per heavy atom. The van der Waals surface area contributed by atoms with Gasteiger partial charge in [-0.15, -0.1) is 0 Å². The summed E-state index contributed by atoms with van der Waals surface area (Å²) in [5, 5.41) is 2.78. The van der Waals surface area contributed by atoms with Gasteiger partial charge in [0.1, 0.15) is 0 Å². The molecule has 0 heterocycles. The third kappa shape index (κ3) is 6.04. The molecule has 0 aromatic heterocycles. The second-order valence-electron chi connectivity index (χ2n) is 4.63. The highest BCUT2D eigenvalue weighted by molar-refractivity contribution is 9.10. The molecule has 0 spiro atoms. The number of amides is 1. The summed E-state index contributed by atoms with van der Waals surface area (Å²) in [5.41, 5.74) is 0.833. The Morgan fingerprint density at radius 2 is 1.95 bits per heavy atom. The normalized spacial score (nSPS) is 12.9. The Morgan fingerprint density at radius 3 is 2.50 bits per heavy atom. The topological polar surface area (TPSA) is 84.5 Å². The van der Waals surface area contributed by atoms with Gasteiger partial charge in [-0.1, -0.05) is 35.0 Å². The zero-order chi connectivity index (χ0) is 16.6. The molecule has 1 amide bonds. The van der Waals surface area contributed by atoms with Crippen molar-refractivity contribution >= 4 is 31.9 Å². The Labute approximate surface area is 139 Å². The van der Waals surface area contributed by atoms with Gasteiger partial charge in [0.15, 0.2) is 0 Å². The molecule has 0 aliphatic heterocycles. The van der Waals surface area contributed by atoms with Crippen LogP contribution in [0.3, 0.4) is 0 Å². The number of halogens is 1. The largest absolute Gasteiger partial charge is 0.383 e. The predicted molar refractivity (Wildman–Crippen MR) is 88.4 cm³/mol.